The van der Waals surface area contributed by atoms with Gasteiger partial charge in [-0.2, -0.15) is 0 Å². The Morgan fingerprint density at radius 2 is 1.79 bits per heavy atom. The van der Waals surface area contributed by atoms with E-state index in [2.05, 4.69) is 10.1 Å². The van der Waals surface area contributed by atoms with E-state index in [0.717, 1.165) is 32.1 Å². The van der Waals surface area contributed by atoms with Crippen LogP contribution < -0.4 is 5.32 Å². The topological polar surface area (TPSA) is 98.5 Å². The van der Waals surface area contributed by atoms with E-state index in [4.69, 9.17) is 11.6 Å². The fraction of sp³-hybridized carbons (Fsp3) is 0.500. The van der Waals surface area contributed by atoms with E-state index in [-0.39, 0.29) is 22.6 Å². The summed E-state index contributed by atoms with van der Waals surface area (Å²) in [5, 5.41) is 13.5. The maximum atomic E-state index is 11.8. The lowest BCUT2D eigenvalue weighted by atomic mass is 10.1. The van der Waals surface area contributed by atoms with Crippen molar-refractivity contribution in [2.24, 2.45) is 0 Å². The van der Waals surface area contributed by atoms with Crippen LogP contribution >= 0.6 is 11.6 Å². The number of nitro groups is 1. The summed E-state index contributed by atoms with van der Waals surface area (Å²) >= 11 is 5.72. The van der Waals surface area contributed by atoms with Gasteiger partial charge in [-0.05, 0) is 25.0 Å². The summed E-state index contributed by atoms with van der Waals surface area (Å²) in [6, 6.07) is 4.16. The van der Waals surface area contributed by atoms with E-state index in [1.807, 2.05) is 0 Å². The van der Waals surface area contributed by atoms with Gasteiger partial charge in [-0.25, -0.2) is 0 Å². The van der Waals surface area contributed by atoms with Crippen LogP contribution in [0.4, 0.5) is 11.4 Å². The number of hydrogen-bond acceptors (Lipinski definition) is 5. The number of hydrogen-bond donors (Lipinski definition) is 1. The molecule has 0 spiro atoms. The number of nitro benzene ring substituents is 1. The minimum atomic E-state index is -0.591. The number of esters is 1. The number of halogens is 1. The van der Waals surface area contributed by atoms with Crippen LogP contribution in [0.2, 0.25) is 5.02 Å². The molecule has 132 valence electrons. The third-order valence-electron chi connectivity index (χ3n) is 3.44. The molecule has 1 aromatic carbocycles. The van der Waals surface area contributed by atoms with Crippen molar-refractivity contribution in [3.63, 3.8) is 0 Å². The predicted octanol–water partition coefficient (Wildman–Crippen LogP) is 4.09. The molecule has 1 N–H and O–H groups in total. The minimum Gasteiger partial charge on any atom is -0.469 e. The second-order valence-corrected chi connectivity index (χ2v) is 5.72. The number of ether oxygens (including phenoxy) is 1. The smallest absolute Gasteiger partial charge is 0.305 e. The van der Waals surface area contributed by atoms with Gasteiger partial charge in [0, 0.05) is 24.6 Å². The number of nitrogens with one attached hydrogen (secondary N) is 1. The van der Waals surface area contributed by atoms with Crippen LogP contribution in [0.5, 0.6) is 0 Å². The van der Waals surface area contributed by atoms with Gasteiger partial charge in [-0.3, -0.25) is 19.7 Å². The average molecular weight is 357 g/mol. The second kappa shape index (κ2) is 10.6. The van der Waals surface area contributed by atoms with E-state index in [9.17, 15) is 19.7 Å². The highest BCUT2D eigenvalue weighted by Gasteiger charge is 2.13. The van der Waals surface area contributed by atoms with Crippen LogP contribution in [-0.4, -0.2) is 23.9 Å². The van der Waals surface area contributed by atoms with Crippen molar-refractivity contribution in [1.82, 2.24) is 0 Å². The molecular weight excluding hydrogens is 336 g/mol. The Kier molecular flexibility index (Phi) is 8.78. The Labute approximate surface area is 145 Å². The summed E-state index contributed by atoms with van der Waals surface area (Å²) in [5.41, 5.74) is 0.120. The zero-order chi connectivity index (χ0) is 17.9. The van der Waals surface area contributed by atoms with Crippen molar-refractivity contribution in [2.45, 2.75) is 44.9 Å². The Morgan fingerprint density at radius 1 is 1.17 bits per heavy atom. The Balaban J connectivity index is 2.24. The molecule has 0 fully saturated rings. The number of rotatable bonds is 10. The number of methoxy groups -OCH3 is 1. The zero-order valence-corrected chi connectivity index (χ0v) is 14.3. The Morgan fingerprint density at radius 3 is 2.42 bits per heavy atom. The second-order valence-electron chi connectivity index (χ2n) is 5.32. The molecule has 24 heavy (non-hydrogen) atoms. The maximum absolute atomic E-state index is 11.8. The molecular formula is C16H21ClN2O5. The molecule has 0 bridgehead atoms. The summed E-state index contributed by atoms with van der Waals surface area (Å²) < 4.78 is 4.55. The lowest BCUT2D eigenvalue weighted by Crippen LogP contribution is -2.11. The predicted molar refractivity (Wildman–Crippen MR) is 91.1 cm³/mol. The number of benzene rings is 1. The van der Waals surface area contributed by atoms with Crippen LogP contribution in [0.1, 0.15) is 44.9 Å². The van der Waals surface area contributed by atoms with Crippen molar-refractivity contribution in [1.29, 1.82) is 0 Å². The molecule has 0 saturated carbocycles. The molecule has 1 amide bonds. The summed E-state index contributed by atoms with van der Waals surface area (Å²) in [4.78, 5) is 33.0. The van der Waals surface area contributed by atoms with Gasteiger partial charge in [-0.1, -0.05) is 30.9 Å². The van der Waals surface area contributed by atoms with Crippen LogP contribution in [0.25, 0.3) is 0 Å². The molecule has 0 saturated heterocycles. The maximum Gasteiger partial charge on any atom is 0.305 e. The fourth-order valence-electron chi connectivity index (χ4n) is 2.14. The molecule has 0 atom stereocenters. The van der Waals surface area contributed by atoms with E-state index in [1.54, 1.807) is 0 Å². The quantitative estimate of drug-likeness (QED) is 0.294. The van der Waals surface area contributed by atoms with E-state index < -0.39 is 4.92 Å². The van der Waals surface area contributed by atoms with Crippen molar-refractivity contribution in [3.8, 4) is 0 Å². The largest absolute Gasteiger partial charge is 0.469 e. The molecule has 0 aliphatic heterocycles. The van der Waals surface area contributed by atoms with Gasteiger partial charge < -0.3 is 10.1 Å². The first-order valence-electron chi connectivity index (χ1n) is 7.74. The number of nitrogens with zero attached hydrogens (tertiary/aromatic N) is 1. The van der Waals surface area contributed by atoms with Gasteiger partial charge in [0.1, 0.15) is 5.02 Å². The lowest BCUT2D eigenvalue weighted by molar-refractivity contribution is -0.384. The highest BCUT2D eigenvalue weighted by Crippen LogP contribution is 2.27. The number of anilines is 1. The van der Waals surface area contributed by atoms with Crippen molar-refractivity contribution >= 4 is 34.9 Å². The summed E-state index contributed by atoms with van der Waals surface area (Å²) in [7, 11) is 1.37. The monoisotopic (exact) mass is 356 g/mol. The third-order valence-corrected chi connectivity index (χ3v) is 3.76. The number of carbonyl (C=O) groups is 2. The first-order chi connectivity index (χ1) is 11.4. The molecule has 0 unspecified atom stereocenters. The Hall–Kier alpha value is -2.15. The summed E-state index contributed by atoms with van der Waals surface area (Å²) in [5.74, 6) is -0.396. The summed E-state index contributed by atoms with van der Waals surface area (Å²) in [6.07, 6.45) is 5.01. The first-order valence-corrected chi connectivity index (χ1v) is 8.12. The normalized spacial score (nSPS) is 10.2. The molecule has 0 heterocycles. The third kappa shape index (κ3) is 7.41. The van der Waals surface area contributed by atoms with Crippen molar-refractivity contribution in [2.75, 3.05) is 12.4 Å². The van der Waals surface area contributed by atoms with E-state index in [1.165, 1.54) is 25.3 Å². The van der Waals surface area contributed by atoms with Gasteiger partial charge in [0.05, 0.1) is 12.0 Å². The zero-order valence-electron chi connectivity index (χ0n) is 13.5. The van der Waals surface area contributed by atoms with Crippen LogP contribution in [0.3, 0.4) is 0 Å². The van der Waals surface area contributed by atoms with Crippen LogP contribution in [-0.2, 0) is 14.3 Å². The molecule has 0 aromatic heterocycles. The molecule has 7 nitrogen and oxygen atoms in total. The van der Waals surface area contributed by atoms with Gasteiger partial charge in [0.15, 0.2) is 0 Å². The molecule has 0 aliphatic carbocycles. The Bertz CT molecular complexity index is 592. The van der Waals surface area contributed by atoms with Gasteiger partial charge in [0.25, 0.3) is 5.69 Å². The lowest BCUT2D eigenvalue weighted by Gasteiger charge is -2.06. The van der Waals surface area contributed by atoms with E-state index >= 15 is 0 Å². The fourth-order valence-corrected chi connectivity index (χ4v) is 2.33. The molecule has 1 rings (SSSR count). The molecule has 0 aliphatic rings. The first kappa shape index (κ1) is 19.9. The molecule has 1 aromatic rings. The van der Waals surface area contributed by atoms with E-state index in [0.29, 0.717) is 18.5 Å². The van der Waals surface area contributed by atoms with Crippen molar-refractivity contribution in [3.05, 3.63) is 33.3 Å². The number of amides is 1. The van der Waals surface area contributed by atoms with Crippen LogP contribution in [0, 0.1) is 10.1 Å². The van der Waals surface area contributed by atoms with Gasteiger partial charge in [0.2, 0.25) is 5.91 Å². The summed E-state index contributed by atoms with van der Waals surface area (Å²) in [6.45, 7) is 0. The number of unbranched alkanes of at least 4 members (excludes halogenated alkanes) is 4. The average Bonchev–Trinajstić information content (AvgIpc) is 2.55. The molecule has 0 radical (unpaired) electrons. The minimum absolute atomic E-state index is 0.0324. The van der Waals surface area contributed by atoms with Gasteiger partial charge >= 0.3 is 5.97 Å². The highest BCUT2D eigenvalue weighted by molar-refractivity contribution is 6.32. The van der Waals surface area contributed by atoms with Crippen molar-refractivity contribution < 1.29 is 19.2 Å². The highest BCUT2D eigenvalue weighted by atomic mass is 35.5. The standard InChI is InChI=1S/C16H21ClN2O5/c1-24-16(21)8-6-4-2-3-5-7-15(20)18-12-9-10-13(17)14(11-12)19(22)23/h9-11H,2-8H2,1H3,(H,18,20). The molecule has 8 heteroatoms. The number of carbonyl (C=O) groups excluding carboxylic acids is 2. The van der Waals surface area contributed by atoms with Crippen LogP contribution in [0.15, 0.2) is 18.2 Å². The SMILES string of the molecule is COC(=O)CCCCCCCC(=O)Nc1ccc(Cl)c([N+](=O)[O-])c1. The van der Waals surface area contributed by atoms with Gasteiger partial charge in [-0.15, -0.1) is 0 Å².